The maximum absolute atomic E-state index is 11.8. The molecule has 0 bridgehead atoms. The Morgan fingerprint density at radius 1 is 0.875 bits per heavy atom. The van der Waals surface area contributed by atoms with Gasteiger partial charge >= 0.3 is 5.97 Å². The Morgan fingerprint density at radius 2 is 1.41 bits per heavy atom. The maximum atomic E-state index is 11.8. The smallest absolute Gasteiger partial charge is 0.320 e. The van der Waals surface area contributed by atoms with Gasteiger partial charge in [-0.05, 0) is 33.0 Å². The number of nitrogens with one attached hydrogen (secondary N) is 2. The monoisotopic (exact) mass is 464 g/mol. The molecule has 0 saturated carbocycles. The first kappa shape index (κ1) is 30.2. The van der Waals surface area contributed by atoms with Crippen LogP contribution >= 0.6 is 0 Å². The van der Waals surface area contributed by atoms with Crippen LogP contribution in [0, 0.1) is 0 Å². The number of aliphatic hydroxyl groups is 4. The van der Waals surface area contributed by atoms with Crippen molar-refractivity contribution in [1.29, 1.82) is 0 Å². The van der Waals surface area contributed by atoms with Crippen molar-refractivity contribution in [3.8, 4) is 0 Å². The van der Waals surface area contributed by atoms with Crippen molar-refractivity contribution in [2.45, 2.75) is 50.9 Å². The Labute approximate surface area is 189 Å². The van der Waals surface area contributed by atoms with Crippen LogP contribution in [0.4, 0.5) is 0 Å². The number of carbonyl (C=O) groups is 3. The van der Waals surface area contributed by atoms with Gasteiger partial charge < -0.3 is 41.1 Å². The highest BCUT2D eigenvalue weighted by Crippen LogP contribution is 2.07. The summed E-state index contributed by atoms with van der Waals surface area (Å²) in [6.07, 6.45) is -1.05. The van der Waals surface area contributed by atoms with Crippen LogP contribution in [-0.2, 0) is 14.4 Å². The van der Waals surface area contributed by atoms with Crippen LogP contribution in [0.1, 0.15) is 32.6 Å². The maximum Gasteiger partial charge on any atom is 0.320 e. The fourth-order valence-corrected chi connectivity index (χ4v) is 2.92. The fraction of sp³-hybridized carbons (Fsp3) is 0.850. The van der Waals surface area contributed by atoms with Crippen LogP contribution in [0.15, 0.2) is 0 Å². The molecule has 12 heteroatoms. The lowest BCUT2D eigenvalue weighted by Gasteiger charge is -2.28. The molecule has 3 unspecified atom stereocenters. The molecule has 0 aliphatic heterocycles. The van der Waals surface area contributed by atoms with Gasteiger partial charge in [-0.2, -0.15) is 0 Å². The van der Waals surface area contributed by atoms with E-state index in [1.165, 1.54) is 0 Å². The molecular formula is C20H40N4O8. The zero-order valence-electron chi connectivity index (χ0n) is 19.1. The average Bonchev–Trinajstić information content (AvgIpc) is 2.77. The van der Waals surface area contributed by atoms with Gasteiger partial charge in [-0.1, -0.05) is 6.92 Å². The van der Waals surface area contributed by atoms with Crippen LogP contribution in [0.3, 0.4) is 0 Å². The third-order valence-corrected chi connectivity index (χ3v) is 5.05. The van der Waals surface area contributed by atoms with Gasteiger partial charge in [0.2, 0.25) is 11.8 Å². The highest BCUT2D eigenvalue weighted by molar-refractivity contribution is 5.78. The second-order valence-electron chi connectivity index (χ2n) is 7.69. The number of amides is 2. The molecule has 12 nitrogen and oxygen atoms in total. The summed E-state index contributed by atoms with van der Waals surface area (Å²) in [5.41, 5.74) is 0. The lowest BCUT2D eigenvalue weighted by Crippen LogP contribution is -2.44. The Kier molecular flexibility index (Phi) is 16.7. The van der Waals surface area contributed by atoms with E-state index in [4.69, 9.17) is 10.2 Å². The molecule has 0 aliphatic carbocycles. The van der Waals surface area contributed by atoms with E-state index >= 15 is 0 Å². The zero-order chi connectivity index (χ0) is 24.5. The molecule has 0 radical (unpaired) electrons. The lowest BCUT2D eigenvalue weighted by molar-refractivity contribution is -0.143. The van der Waals surface area contributed by atoms with E-state index in [-0.39, 0.29) is 38.3 Å². The van der Waals surface area contributed by atoms with Crippen LogP contribution < -0.4 is 10.6 Å². The first-order valence-corrected chi connectivity index (χ1v) is 10.9. The number of aliphatic carboxylic acids is 1. The van der Waals surface area contributed by atoms with E-state index in [0.29, 0.717) is 26.1 Å². The predicted octanol–water partition coefficient (Wildman–Crippen LogP) is -2.81. The summed E-state index contributed by atoms with van der Waals surface area (Å²) in [7, 11) is 1.68. The molecule has 188 valence electrons. The van der Waals surface area contributed by atoms with Crippen molar-refractivity contribution < 1.29 is 39.9 Å². The van der Waals surface area contributed by atoms with Crippen LogP contribution in [0.5, 0.6) is 0 Å². The van der Waals surface area contributed by atoms with Crippen molar-refractivity contribution in [2.24, 2.45) is 0 Å². The minimum Gasteiger partial charge on any atom is -0.480 e. The van der Waals surface area contributed by atoms with Crippen molar-refractivity contribution in [3.63, 3.8) is 0 Å². The number of hydrogen-bond acceptors (Lipinski definition) is 9. The normalized spacial score (nSPS) is 14.2. The number of carbonyl (C=O) groups excluding carboxylic acids is 2. The van der Waals surface area contributed by atoms with E-state index in [1.54, 1.807) is 11.9 Å². The van der Waals surface area contributed by atoms with Gasteiger partial charge in [-0.3, -0.25) is 19.3 Å². The van der Waals surface area contributed by atoms with E-state index in [0.717, 1.165) is 6.54 Å². The summed E-state index contributed by atoms with van der Waals surface area (Å²) in [6.45, 7) is 3.44. The number of rotatable bonds is 19. The summed E-state index contributed by atoms with van der Waals surface area (Å²) in [4.78, 5) is 38.9. The first-order chi connectivity index (χ1) is 15.1. The van der Waals surface area contributed by atoms with Gasteiger partial charge in [0.05, 0.1) is 25.4 Å². The Hall–Kier alpha value is -1.83. The molecule has 3 atom stereocenters. The Balaban J connectivity index is 4.34. The predicted molar refractivity (Wildman–Crippen MR) is 117 cm³/mol. The standard InChI is InChI=1S/C20H40N4O8/c1-3-24(8-4-5-18(29)21-11-15(27)13-25)10-9-23(2)17(20(31)32)6-7-19(30)22-12-16(28)14-26/h15-17,25-28H,3-14H2,1-2H3,(H,21,29)(H,22,30)(H,31,32). The molecule has 0 rings (SSSR count). The van der Waals surface area contributed by atoms with E-state index in [9.17, 15) is 29.7 Å². The number of likely N-dealkylation sites (N-methyl/N-ethyl adjacent to an activating group) is 2. The molecule has 32 heavy (non-hydrogen) atoms. The highest BCUT2D eigenvalue weighted by Gasteiger charge is 2.24. The molecule has 0 aromatic carbocycles. The molecule has 0 aromatic heterocycles. The van der Waals surface area contributed by atoms with Crippen molar-refractivity contribution in [2.75, 3.05) is 59.5 Å². The summed E-state index contributed by atoms with van der Waals surface area (Å²) in [5, 5.41) is 50.5. The molecule has 0 spiro atoms. The SMILES string of the molecule is CCN(CCCC(=O)NCC(O)CO)CCN(C)C(CCC(=O)NCC(O)CO)C(=O)O. The summed E-state index contributed by atoms with van der Waals surface area (Å²) < 4.78 is 0. The Morgan fingerprint density at radius 3 is 1.88 bits per heavy atom. The summed E-state index contributed by atoms with van der Waals surface area (Å²) in [6, 6.07) is -0.842. The average molecular weight is 465 g/mol. The molecule has 7 N–H and O–H groups in total. The van der Waals surface area contributed by atoms with Crippen molar-refractivity contribution >= 4 is 17.8 Å². The zero-order valence-corrected chi connectivity index (χ0v) is 19.1. The van der Waals surface area contributed by atoms with Crippen LogP contribution in [0.25, 0.3) is 0 Å². The van der Waals surface area contributed by atoms with E-state index in [1.807, 2.05) is 6.92 Å². The third-order valence-electron chi connectivity index (χ3n) is 5.05. The van der Waals surface area contributed by atoms with Gasteiger partial charge in [0, 0.05) is 39.0 Å². The minimum absolute atomic E-state index is 0.00817. The van der Waals surface area contributed by atoms with Gasteiger partial charge in [-0.15, -0.1) is 0 Å². The molecule has 0 fully saturated rings. The highest BCUT2D eigenvalue weighted by atomic mass is 16.4. The first-order valence-electron chi connectivity index (χ1n) is 10.9. The second kappa shape index (κ2) is 17.7. The van der Waals surface area contributed by atoms with Gasteiger partial charge in [-0.25, -0.2) is 0 Å². The van der Waals surface area contributed by atoms with Gasteiger partial charge in [0.15, 0.2) is 0 Å². The van der Waals surface area contributed by atoms with Crippen LogP contribution in [0.2, 0.25) is 0 Å². The van der Waals surface area contributed by atoms with E-state index < -0.39 is 43.3 Å². The molecule has 0 saturated heterocycles. The van der Waals surface area contributed by atoms with E-state index in [2.05, 4.69) is 15.5 Å². The second-order valence-corrected chi connectivity index (χ2v) is 7.69. The minimum atomic E-state index is -1.05. The molecule has 0 aliphatic rings. The van der Waals surface area contributed by atoms with Crippen molar-refractivity contribution in [3.05, 3.63) is 0 Å². The fourth-order valence-electron chi connectivity index (χ4n) is 2.92. The largest absolute Gasteiger partial charge is 0.480 e. The topological polar surface area (TPSA) is 183 Å². The molecule has 0 heterocycles. The number of hydrogen-bond donors (Lipinski definition) is 7. The van der Waals surface area contributed by atoms with Gasteiger partial charge in [0.1, 0.15) is 6.04 Å². The van der Waals surface area contributed by atoms with Crippen LogP contribution in [-0.4, -0.2) is 131 Å². The Bertz CT molecular complexity index is 552. The molecular weight excluding hydrogens is 424 g/mol. The lowest BCUT2D eigenvalue weighted by atomic mass is 10.1. The number of aliphatic hydroxyl groups excluding tert-OH is 4. The molecule has 0 aromatic rings. The summed E-state index contributed by atoms with van der Waals surface area (Å²) >= 11 is 0. The van der Waals surface area contributed by atoms with Gasteiger partial charge in [0.25, 0.3) is 0 Å². The quantitative estimate of drug-likeness (QED) is 0.105. The van der Waals surface area contributed by atoms with Crippen molar-refractivity contribution in [1.82, 2.24) is 20.4 Å². The summed E-state index contributed by atoms with van der Waals surface area (Å²) in [5.74, 6) is -1.63. The molecule has 2 amide bonds. The third kappa shape index (κ3) is 14.3. The number of nitrogens with zero attached hydrogens (tertiary/aromatic N) is 2. The number of carboxylic acid groups (broad SMARTS) is 1. The number of carboxylic acids is 1.